The van der Waals surface area contributed by atoms with E-state index in [1.54, 1.807) is 7.11 Å². The Hall–Kier alpha value is -0.810. The fourth-order valence-corrected chi connectivity index (χ4v) is 4.19. The Labute approximate surface area is 129 Å². The van der Waals surface area contributed by atoms with Gasteiger partial charge in [0, 0.05) is 31.2 Å². The molecule has 2 fully saturated rings. The third kappa shape index (κ3) is 2.53. The van der Waals surface area contributed by atoms with Gasteiger partial charge in [-0.1, -0.05) is 0 Å². The van der Waals surface area contributed by atoms with E-state index in [0.29, 0.717) is 5.41 Å². The zero-order chi connectivity index (χ0) is 14.2. The summed E-state index contributed by atoms with van der Waals surface area (Å²) in [5, 5.41) is 0. The number of piperidine rings is 1. The fraction of sp³-hybridized carbons (Fsp3) is 0.667. The van der Waals surface area contributed by atoms with Crippen molar-refractivity contribution >= 4 is 21.7 Å². The summed E-state index contributed by atoms with van der Waals surface area (Å²) in [6.07, 6.45) is 5.76. The number of anilines is 1. The maximum absolute atomic E-state index is 5.52. The number of likely N-dealkylation sites (tertiary alicyclic amines) is 1. The lowest BCUT2D eigenvalue weighted by molar-refractivity contribution is 0.128. The third-order valence-corrected chi connectivity index (χ3v) is 5.26. The molecule has 0 bridgehead atoms. The lowest BCUT2D eigenvalue weighted by Crippen LogP contribution is -2.43. The van der Waals surface area contributed by atoms with Gasteiger partial charge in [0.1, 0.15) is 0 Å². The molecular weight excluding hydrogens is 318 g/mol. The maximum atomic E-state index is 5.52. The lowest BCUT2D eigenvalue weighted by atomic mass is 9.79. The van der Waals surface area contributed by atoms with Crippen molar-refractivity contribution in [1.82, 2.24) is 9.88 Å². The van der Waals surface area contributed by atoms with Crippen LogP contribution in [0.3, 0.4) is 0 Å². The van der Waals surface area contributed by atoms with Gasteiger partial charge in [-0.05, 0) is 54.9 Å². The van der Waals surface area contributed by atoms with E-state index in [-0.39, 0.29) is 0 Å². The van der Waals surface area contributed by atoms with Crippen LogP contribution in [0.2, 0.25) is 0 Å². The standard InChI is InChI=1S/C15H22BrN3O/c1-18-8-3-5-15(10-18)6-9-19(11-15)14-13(20-2)12(16)4-7-17-14/h4,7H,3,5-6,8-11H2,1-2H3. The van der Waals surface area contributed by atoms with Gasteiger partial charge in [-0.3, -0.25) is 0 Å². The van der Waals surface area contributed by atoms with Crippen LogP contribution in [-0.4, -0.2) is 50.2 Å². The van der Waals surface area contributed by atoms with Gasteiger partial charge in [0.05, 0.1) is 11.6 Å². The second-order valence-electron chi connectivity index (χ2n) is 6.16. The minimum Gasteiger partial charge on any atom is -0.492 e. The molecule has 0 aliphatic carbocycles. The summed E-state index contributed by atoms with van der Waals surface area (Å²) in [6.45, 7) is 4.62. The molecule has 2 aliphatic rings. The van der Waals surface area contributed by atoms with E-state index in [4.69, 9.17) is 4.74 Å². The molecule has 110 valence electrons. The highest BCUT2D eigenvalue weighted by Crippen LogP contribution is 2.43. The lowest BCUT2D eigenvalue weighted by Gasteiger charge is -2.38. The fourth-order valence-electron chi connectivity index (χ4n) is 3.73. The molecular formula is C15H22BrN3O. The number of hydrogen-bond donors (Lipinski definition) is 0. The molecule has 3 rings (SSSR count). The van der Waals surface area contributed by atoms with E-state index in [1.807, 2.05) is 12.3 Å². The van der Waals surface area contributed by atoms with Crippen LogP contribution in [0.4, 0.5) is 5.82 Å². The zero-order valence-corrected chi connectivity index (χ0v) is 13.8. The molecule has 0 N–H and O–H groups in total. The quantitative estimate of drug-likeness (QED) is 0.828. The van der Waals surface area contributed by atoms with Crippen LogP contribution >= 0.6 is 15.9 Å². The van der Waals surface area contributed by atoms with Crippen LogP contribution in [0.25, 0.3) is 0 Å². The van der Waals surface area contributed by atoms with Gasteiger partial charge in [0.25, 0.3) is 0 Å². The van der Waals surface area contributed by atoms with E-state index >= 15 is 0 Å². The monoisotopic (exact) mass is 339 g/mol. The molecule has 5 heteroatoms. The summed E-state index contributed by atoms with van der Waals surface area (Å²) in [5.74, 6) is 1.83. The SMILES string of the molecule is COc1c(Br)ccnc1N1CCC2(CCCN(C)C2)C1. The summed E-state index contributed by atoms with van der Waals surface area (Å²) in [4.78, 5) is 9.41. The number of nitrogens with zero attached hydrogens (tertiary/aromatic N) is 3. The number of aromatic nitrogens is 1. The van der Waals surface area contributed by atoms with Gasteiger partial charge >= 0.3 is 0 Å². The Bertz CT molecular complexity index is 496. The highest BCUT2D eigenvalue weighted by atomic mass is 79.9. The summed E-state index contributed by atoms with van der Waals surface area (Å²) in [6, 6.07) is 1.93. The van der Waals surface area contributed by atoms with Crippen LogP contribution in [0, 0.1) is 5.41 Å². The molecule has 1 aromatic rings. The van der Waals surface area contributed by atoms with E-state index in [2.05, 4.69) is 37.8 Å². The van der Waals surface area contributed by atoms with Crippen molar-refractivity contribution < 1.29 is 4.74 Å². The molecule has 3 heterocycles. The molecule has 20 heavy (non-hydrogen) atoms. The first-order chi connectivity index (χ1) is 9.63. The topological polar surface area (TPSA) is 28.6 Å². The zero-order valence-electron chi connectivity index (χ0n) is 12.2. The molecule has 1 spiro atoms. The minimum absolute atomic E-state index is 0.446. The van der Waals surface area contributed by atoms with E-state index in [9.17, 15) is 0 Å². The van der Waals surface area contributed by atoms with Crippen LogP contribution in [0.5, 0.6) is 5.75 Å². The average Bonchev–Trinajstić information content (AvgIpc) is 2.81. The van der Waals surface area contributed by atoms with Gasteiger partial charge in [-0.25, -0.2) is 4.98 Å². The van der Waals surface area contributed by atoms with Crippen molar-refractivity contribution in [2.45, 2.75) is 19.3 Å². The van der Waals surface area contributed by atoms with Crippen LogP contribution in [-0.2, 0) is 0 Å². The molecule has 1 unspecified atom stereocenters. The van der Waals surface area contributed by atoms with Gasteiger partial charge in [-0.15, -0.1) is 0 Å². The Morgan fingerprint density at radius 1 is 1.30 bits per heavy atom. The van der Waals surface area contributed by atoms with Crippen molar-refractivity contribution in [3.05, 3.63) is 16.7 Å². The first kappa shape index (κ1) is 14.1. The van der Waals surface area contributed by atoms with Gasteiger partial charge in [-0.2, -0.15) is 0 Å². The Morgan fingerprint density at radius 3 is 2.90 bits per heavy atom. The largest absolute Gasteiger partial charge is 0.492 e. The normalized spacial score (nSPS) is 27.2. The predicted molar refractivity (Wildman–Crippen MR) is 84.5 cm³/mol. The molecule has 2 saturated heterocycles. The highest BCUT2D eigenvalue weighted by Gasteiger charge is 2.41. The van der Waals surface area contributed by atoms with E-state index in [0.717, 1.165) is 29.1 Å². The van der Waals surface area contributed by atoms with Crippen molar-refractivity contribution in [1.29, 1.82) is 0 Å². The number of methoxy groups -OCH3 is 1. The van der Waals surface area contributed by atoms with E-state index in [1.165, 1.54) is 32.4 Å². The van der Waals surface area contributed by atoms with Crippen LogP contribution < -0.4 is 9.64 Å². The molecule has 0 radical (unpaired) electrons. The summed E-state index contributed by atoms with van der Waals surface area (Å²) < 4.78 is 6.50. The molecule has 4 nitrogen and oxygen atoms in total. The van der Waals surface area contributed by atoms with Gasteiger partial charge in [0.15, 0.2) is 11.6 Å². The first-order valence-corrected chi connectivity index (χ1v) is 8.05. The third-order valence-electron chi connectivity index (χ3n) is 4.63. The highest BCUT2D eigenvalue weighted by molar-refractivity contribution is 9.10. The summed E-state index contributed by atoms with van der Waals surface area (Å²) >= 11 is 3.55. The Kier molecular flexibility index (Phi) is 3.91. The minimum atomic E-state index is 0.446. The molecule has 0 aromatic carbocycles. The molecule has 1 atom stereocenters. The summed E-state index contributed by atoms with van der Waals surface area (Å²) in [5.41, 5.74) is 0.446. The van der Waals surface area contributed by atoms with Crippen molar-refractivity contribution in [2.75, 3.05) is 45.2 Å². The smallest absolute Gasteiger partial charge is 0.175 e. The maximum Gasteiger partial charge on any atom is 0.175 e. The molecule has 1 aromatic heterocycles. The summed E-state index contributed by atoms with van der Waals surface area (Å²) in [7, 11) is 3.95. The Balaban J connectivity index is 1.82. The van der Waals surface area contributed by atoms with Crippen molar-refractivity contribution in [3.8, 4) is 5.75 Å². The molecule has 2 aliphatic heterocycles. The van der Waals surface area contributed by atoms with Crippen LogP contribution in [0.15, 0.2) is 16.7 Å². The van der Waals surface area contributed by atoms with Crippen molar-refractivity contribution in [2.24, 2.45) is 5.41 Å². The number of rotatable bonds is 2. The Morgan fingerprint density at radius 2 is 2.15 bits per heavy atom. The van der Waals surface area contributed by atoms with E-state index < -0.39 is 0 Å². The molecule has 0 saturated carbocycles. The second kappa shape index (κ2) is 5.53. The average molecular weight is 340 g/mol. The molecule has 0 amide bonds. The van der Waals surface area contributed by atoms with Crippen LogP contribution in [0.1, 0.15) is 19.3 Å². The predicted octanol–water partition coefficient (Wildman–Crippen LogP) is 2.77. The van der Waals surface area contributed by atoms with Gasteiger partial charge < -0.3 is 14.5 Å². The number of hydrogen-bond acceptors (Lipinski definition) is 4. The second-order valence-corrected chi connectivity index (χ2v) is 7.02. The number of pyridine rings is 1. The first-order valence-electron chi connectivity index (χ1n) is 7.26. The number of ether oxygens (including phenoxy) is 1. The number of halogens is 1. The van der Waals surface area contributed by atoms with Crippen molar-refractivity contribution in [3.63, 3.8) is 0 Å². The van der Waals surface area contributed by atoms with Gasteiger partial charge in [0.2, 0.25) is 0 Å².